The summed E-state index contributed by atoms with van der Waals surface area (Å²) in [5.74, 6) is 0. The molecule has 1 aromatic carbocycles. The molecule has 0 saturated carbocycles. The van der Waals surface area contributed by atoms with E-state index in [1.54, 1.807) is 22.7 Å². The highest BCUT2D eigenvalue weighted by Crippen LogP contribution is 2.37. The third-order valence-corrected chi connectivity index (χ3v) is 5.05. The van der Waals surface area contributed by atoms with Crippen LogP contribution in [0.5, 0.6) is 0 Å². The molecule has 2 heterocycles. The molecular weight excluding hydrogens is 272 g/mol. The summed E-state index contributed by atoms with van der Waals surface area (Å²) in [6.45, 7) is 2.60. The zero-order valence-electron chi connectivity index (χ0n) is 10.6. The van der Waals surface area contributed by atoms with Crippen LogP contribution in [0.15, 0.2) is 41.1 Å². The lowest BCUT2D eigenvalue weighted by molar-refractivity contribution is 1.02. The first-order chi connectivity index (χ1) is 9.29. The summed E-state index contributed by atoms with van der Waals surface area (Å²) in [4.78, 5) is 5.89. The standard InChI is InChI=1S/C15H14N2S2/c1-10-8-18-9-12(10)15-17-13(7-16)14(19-15)11-5-3-2-4-6-11/h2-6,8-9H,7,16H2,1H3. The van der Waals surface area contributed by atoms with Crippen molar-refractivity contribution in [2.45, 2.75) is 13.5 Å². The van der Waals surface area contributed by atoms with E-state index in [-0.39, 0.29) is 0 Å². The summed E-state index contributed by atoms with van der Waals surface area (Å²) in [5, 5.41) is 5.38. The molecule has 19 heavy (non-hydrogen) atoms. The molecule has 0 unspecified atom stereocenters. The van der Waals surface area contributed by atoms with Crippen LogP contribution in [0.1, 0.15) is 11.3 Å². The van der Waals surface area contributed by atoms with Gasteiger partial charge in [0.1, 0.15) is 5.01 Å². The fraction of sp³-hybridized carbons (Fsp3) is 0.133. The van der Waals surface area contributed by atoms with Crippen molar-refractivity contribution in [3.8, 4) is 21.0 Å². The van der Waals surface area contributed by atoms with E-state index < -0.39 is 0 Å². The molecule has 4 heteroatoms. The van der Waals surface area contributed by atoms with Gasteiger partial charge >= 0.3 is 0 Å². The Kier molecular flexibility index (Phi) is 3.46. The summed E-state index contributed by atoms with van der Waals surface area (Å²) >= 11 is 3.44. The monoisotopic (exact) mass is 286 g/mol. The number of hydrogen-bond acceptors (Lipinski definition) is 4. The zero-order chi connectivity index (χ0) is 13.2. The molecule has 2 aromatic heterocycles. The minimum Gasteiger partial charge on any atom is -0.325 e. The Labute approximate surface area is 120 Å². The van der Waals surface area contributed by atoms with Crippen LogP contribution in [0.3, 0.4) is 0 Å². The molecule has 0 saturated heterocycles. The average Bonchev–Trinajstić information content (AvgIpc) is 3.05. The van der Waals surface area contributed by atoms with Gasteiger partial charge in [0.25, 0.3) is 0 Å². The summed E-state index contributed by atoms with van der Waals surface area (Å²) in [6, 6.07) is 10.3. The van der Waals surface area contributed by atoms with E-state index >= 15 is 0 Å². The lowest BCUT2D eigenvalue weighted by Crippen LogP contribution is -1.98. The second kappa shape index (κ2) is 5.25. The Morgan fingerprint density at radius 3 is 2.58 bits per heavy atom. The molecule has 3 rings (SSSR count). The van der Waals surface area contributed by atoms with E-state index in [1.165, 1.54) is 21.6 Å². The summed E-state index contributed by atoms with van der Waals surface area (Å²) in [5.41, 5.74) is 10.5. The number of aryl methyl sites for hydroxylation is 1. The third-order valence-electron chi connectivity index (χ3n) is 3.01. The molecule has 0 aliphatic rings. The third kappa shape index (κ3) is 2.34. The van der Waals surface area contributed by atoms with Crippen LogP contribution < -0.4 is 5.73 Å². The van der Waals surface area contributed by atoms with Crippen LogP contribution in [0.25, 0.3) is 21.0 Å². The molecule has 0 amide bonds. The van der Waals surface area contributed by atoms with Crippen LogP contribution in [-0.2, 0) is 6.54 Å². The molecule has 0 radical (unpaired) electrons. The van der Waals surface area contributed by atoms with E-state index in [1.807, 2.05) is 18.2 Å². The van der Waals surface area contributed by atoms with Gasteiger partial charge in [0.2, 0.25) is 0 Å². The number of hydrogen-bond donors (Lipinski definition) is 1. The van der Waals surface area contributed by atoms with Crippen LogP contribution in [0, 0.1) is 6.92 Å². The molecule has 0 atom stereocenters. The number of thiophene rings is 1. The van der Waals surface area contributed by atoms with Crippen molar-refractivity contribution in [2.75, 3.05) is 0 Å². The fourth-order valence-electron chi connectivity index (χ4n) is 2.00. The highest BCUT2D eigenvalue weighted by atomic mass is 32.1. The SMILES string of the molecule is Cc1cscc1-c1nc(CN)c(-c2ccccc2)s1. The second-order valence-electron chi connectivity index (χ2n) is 4.33. The van der Waals surface area contributed by atoms with Gasteiger partial charge in [-0.05, 0) is 23.4 Å². The summed E-state index contributed by atoms with van der Waals surface area (Å²) < 4.78 is 0. The van der Waals surface area contributed by atoms with Crippen LogP contribution in [0.2, 0.25) is 0 Å². The number of thiazole rings is 1. The van der Waals surface area contributed by atoms with Crippen molar-refractivity contribution in [3.05, 3.63) is 52.3 Å². The van der Waals surface area contributed by atoms with Crippen molar-refractivity contribution in [2.24, 2.45) is 5.73 Å². The number of aromatic nitrogens is 1. The van der Waals surface area contributed by atoms with Gasteiger partial charge in [0.15, 0.2) is 0 Å². The maximum absolute atomic E-state index is 5.84. The number of nitrogens with two attached hydrogens (primary N) is 1. The molecule has 0 aliphatic carbocycles. The van der Waals surface area contributed by atoms with Gasteiger partial charge in [-0.2, -0.15) is 11.3 Å². The number of benzene rings is 1. The van der Waals surface area contributed by atoms with Gasteiger partial charge in [0, 0.05) is 17.5 Å². The highest BCUT2D eigenvalue weighted by molar-refractivity contribution is 7.19. The van der Waals surface area contributed by atoms with Gasteiger partial charge < -0.3 is 5.73 Å². The van der Waals surface area contributed by atoms with Crippen molar-refractivity contribution in [3.63, 3.8) is 0 Å². The first kappa shape index (κ1) is 12.5. The van der Waals surface area contributed by atoms with E-state index in [0.717, 1.165) is 10.7 Å². The Morgan fingerprint density at radius 2 is 1.95 bits per heavy atom. The lowest BCUT2D eigenvalue weighted by atomic mass is 10.1. The molecule has 0 spiro atoms. The highest BCUT2D eigenvalue weighted by Gasteiger charge is 2.14. The molecule has 0 aliphatic heterocycles. The average molecular weight is 286 g/mol. The maximum Gasteiger partial charge on any atom is 0.125 e. The summed E-state index contributed by atoms with van der Waals surface area (Å²) in [6.07, 6.45) is 0. The van der Waals surface area contributed by atoms with E-state index in [4.69, 9.17) is 10.7 Å². The van der Waals surface area contributed by atoms with E-state index in [9.17, 15) is 0 Å². The van der Waals surface area contributed by atoms with Crippen molar-refractivity contribution in [1.82, 2.24) is 4.98 Å². The van der Waals surface area contributed by atoms with Gasteiger partial charge in [-0.3, -0.25) is 0 Å². The first-order valence-electron chi connectivity index (χ1n) is 6.08. The maximum atomic E-state index is 5.84. The largest absolute Gasteiger partial charge is 0.325 e. The molecule has 0 fully saturated rings. The lowest BCUT2D eigenvalue weighted by Gasteiger charge is -1.98. The molecule has 3 aromatic rings. The normalized spacial score (nSPS) is 10.8. The minimum absolute atomic E-state index is 0.476. The zero-order valence-corrected chi connectivity index (χ0v) is 12.2. The smallest absolute Gasteiger partial charge is 0.125 e. The van der Waals surface area contributed by atoms with Crippen molar-refractivity contribution < 1.29 is 0 Å². The topological polar surface area (TPSA) is 38.9 Å². The molecule has 2 nitrogen and oxygen atoms in total. The van der Waals surface area contributed by atoms with Crippen LogP contribution in [-0.4, -0.2) is 4.98 Å². The van der Waals surface area contributed by atoms with Crippen LogP contribution in [0.4, 0.5) is 0 Å². The van der Waals surface area contributed by atoms with Crippen LogP contribution >= 0.6 is 22.7 Å². The predicted octanol–water partition coefficient (Wildman–Crippen LogP) is 4.31. The Hall–Kier alpha value is -1.49. The molecule has 96 valence electrons. The molecular formula is C15H14N2S2. The first-order valence-corrected chi connectivity index (χ1v) is 7.84. The molecule has 0 bridgehead atoms. The van der Waals surface area contributed by atoms with Crippen molar-refractivity contribution >= 4 is 22.7 Å². The Morgan fingerprint density at radius 1 is 1.16 bits per heavy atom. The fourth-order valence-corrected chi connectivity index (χ4v) is 4.09. The van der Waals surface area contributed by atoms with Crippen molar-refractivity contribution in [1.29, 1.82) is 0 Å². The Balaban J connectivity index is 2.12. The second-order valence-corrected chi connectivity index (χ2v) is 6.08. The number of rotatable bonds is 3. The number of nitrogens with zero attached hydrogens (tertiary/aromatic N) is 1. The predicted molar refractivity (Wildman–Crippen MR) is 83.5 cm³/mol. The van der Waals surface area contributed by atoms with E-state index in [0.29, 0.717) is 6.54 Å². The van der Waals surface area contributed by atoms with Gasteiger partial charge in [-0.15, -0.1) is 11.3 Å². The minimum atomic E-state index is 0.476. The Bertz CT molecular complexity index is 683. The van der Waals surface area contributed by atoms with Gasteiger partial charge in [-0.1, -0.05) is 30.3 Å². The van der Waals surface area contributed by atoms with Gasteiger partial charge in [-0.25, -0.2) is 4.98 Å². The van der Waals surface area contributed by atoms with E-state index in [2.05, 4.69) is 29.8 Å². The molecule has 2 N–H and O–H groups in total. The quantitative estimate of drug-likeness (QED) is 0.779. The van der Waals surface area contributed by atoms with Gasteiger partial charge in [0.05, 0.1) is 10.6 Å². The summed E-state index contributed by atoms with van der Waals surface area (Å²) in [7, 11) is 0.